The first kappa shape index (κ1) is 9.85. The van der Waals surface area contributed by atoms with Crippen LogP contribution in [0.3, 0.4) is 0 Å². The Morgan fingerprint density at radius 1 is 1.25 bits per heavy atom. The smallest absolute Gasteiger partial charge is 0.221 e. The summed E-state index contributed by atoms with van der Waals surface area (Å²) in [6.07, 6.45) is 1.72. The number of nitrogens with zero attached hydrogens (tertiary/aromatic N) is 1. The molecular formula is C13H16N2O. The maximum absolute atomic E-state index is 11.6. The molecule has 0 spiro atoms. The molecule has 1 fully saturated rings. The fourth-order valence-corrected chi connectivity index (χ4v) is 2.80. The lowest BCUT2D eigenvalue weighted by Gasteiger charge is -2.35. The number of rotatable bonds is 0. The van der Waals surface area contributed by atoms with Gasteiger partial charge in [0.1, 0.15) is 0 Å². The van der Waals surface area contributed by atoms with E-state index >= 15 is 0 Å². The molecule has 2 aliphatic heterocycles. The summed E-state index contributed by atoms with van der Waals surface area (Å²) in [7, 11) is 0. The zero-order valence-electron chi connectivity index (χ0n) is 9.28. The van der Waals surface area contributed by atoms with E-state index in [1.165, 1.54) is 11.1 Å². The Kier molecular flexibility index (Phi) is 2.40. The highest BCUT2D eigenvalue weighted by Crippen LogP contribution is 2.32. The third kappa shape index (κ3) is 1.61. The van der Waals surface area contributed by atoms with Crippen molar-refractivity contribution in [2.45, 2.75) is 18.9 Å². The zero-order valence-corrected chi connectivity index (χ0v) is 9.28. The van der Waals surface area contributed by atoms with Gasteiger partial charge in [-0.15, -0.1) is 0 Å². The Morgan fingerprint density at radius 2 is 2.12 bits per heavy atom. The van der Waals surface area contributed by atoms with Gasteiger partial charge in [-0.05, 0) is 17.5 Å². The average molecular weight is 216 g/mol. The molecule has 0 saturated carbocycles. The van der Waals surface area contributed by atoms with E-state index in [2.05, 4.69) is 34.5 Å². The minimum Gasteiger partial charge on any atom is -0.355 e. The van der Waals surface area contributed by atoms with Gasteiger partial charge < -0.3 is 5.32 Å². The standard InChI is InChI=1S/C13H16N2O/c16-13-9-12-11-4-2-1-3-10(11)5-7-15(12)8-6-14-13/h1-4,12H,5-9H2,(H,14,16)/t12-/m0/s1. The van der Waals surface area contributed by atoms with Gasteiger partial charge in [-0.25, -0.2) is 0 Å². The molecule has 0 unspecified atom stereocenters. The summed E-state index contributed by atoms with van der Waals surface area (Å²) in [4.78, 5) is 14.0. The highest BCUT2D eigenvalue weighted by molar-refractivity contribution is 5.77. The normalized spacial score (nSPS) is 25.2. The molecule has 3 nitrogen and oxygen atoms in total. The molecular weight excluding hydrogens is 200 g/mol. The number of carbonyl (C=O) groups is 1. The van der Waals surface area contributed by atoms with Gasteiger partial charge in [0.05, 0.1) is 0 Å². The second kappa shape index (κ2) is 3.91. The molecule has 0 aliphatic carbocycles. The molecule has 2 aliphatic rings. The third-order valence-corrected chi connectivity index (χ3v) is 3.62. The van der Waals surface area contributed by atoms with Gasteiger partial charge >= 0.3 is 0 Å². The summed E-state index contributed by atoms with van der Waals surface area (Å²) in [5, 5.41) is 2.95. The molecule has 0 aromatic heterocycles. The molecule has 1 aromatic rings. The van der Waals surface area contributed by atoms with Gasteiger partial charge in [0.25, 0.3) is 0 Å². The molecule has 84 valence electrons. The topological polar surface area (TPSA) is 32.3 Å². The van der Waals surface area contributed by atoms with Crippen LogP contribution in [-0.4, -0.2) is 30.4 Å². The molecule has 0 bridgehead atoms. The summed E-state index contributed by atoms with van der Waals surface area (Å²) in [5.41, 5.74) is 2.77. The number of carbonyl (C=O) groups excluding carboxylic acids is 1. The van der Waals surface area contributed by atoms with Crippen LogP contribution in [0.25, 0.3) is 0 Å². The Labute approximate surface area is 95.4 Å². The summed E-state index contributed by atoms with van der Waals surface area (Å²) >= 11 is 0. The number of nitrogens with one attached hydrogen (secondary N) is 1. The van der Waals surface area contributed by atoms with Gasteiger partial charge in [-0.1, -0.05) is 24.3 Å². The van der Waals surface area contributed by atoms with Gasteiger partial charge in [0.2, 0.25) is 5.91 Å². The van der Waals surface area contributed by atoms with E-state index in [1.54, 1.807) is 0 Å². The van der Waals surface area contributed by atoms with Gasteiger partial charge in [-0.2, -0.15) is 0 Å². The summed E-state index contributed by atoms with van der Waals surface area (Å²) in [6, 6.07) is 8.82. The van der Waals surface area contributed by atoms with Crippen LogP contribution in [0.2, 0.25) is 0 Å². The molecule has 2 heterocycles. The van der Waals surface area contributed by atoms with Crippen molar-refractivity contribution >= 4 is 5.91 Å². The minimum absolute atomic E-state index is 0.184. The van der Waals surface area contributed by atoms with E-state index < -0.39 is 0 Å². The Balaban J connectivity index is 1.98. The second-order valence-corrected chi connectivity index (χ2v) is 4.55. The predicted molar refractivity (Wildman–Crippen MR) is 62.1 cm³/mol. The van der Waals surface area contributed by atoms with Crippen LogP contribution in [0.4, 0.5) is 0 Å². The van der Waals surface area contributed by atoms with Crippen molar-refractivity contribution in [2.75, 3.05) is 19.6 Å². The fraction of sp³-hybridized carbons (Fsp3) is 0.462. The first-order chi connectivity index (χ1) is 7.84. The molecule has 0 radical (unpaired) electrons. The third-order valence-electron chi connectivity index (χ3n) is 3.62. The van der Waals surface area contributed by atoms with Crippen molar-refractivity contribution in [2.24, 2.45) is 0 Å². The lowest BCUT2D eigenvalue weighted by Crippen LogP contribution is -2.36. The predicted octanol–water partition coefficient (Wildman–Crippen LogP) is 1.11. The van der Waals surface area contributed by atoms with Crippen molar-refractivity contribution in [3.63, 3.8) is 0 Å². The largest absolute Gasteiger partial charge is 0.355 e. The number of amides is 1. The van der Waals surface area contributed by atoms with E-state index in [4.69, 9.17) is 0 Å². The van der Waals surface area contributed by atoms with Crippen molar-refractivity contribution in [1.29, 1.82) is 0 Å². The van der Waals surface area contributed by atoms with Crippen LogP contribution in [0.5, 0.6) is 0 Å². The van der Waals surface area contributed by atoms with Crippen LogP contribution in [-0.2, 0) is 11.2 Å². The molecule has 1 amide bonds. The quantitative estimate of drug-likeness (QED) is 0.704. The van der Waals surface area contributed by atoms with Gasteiger partial charge in [0, 0.05) is 32.1 Å². The zero-order chi connectivity index (χ0) is 11.0. The monoisotopic (exact) mass is 216 g/mol. The van der Waals surface area contributed by atoms with Gasteiger partial charge in [-0.3, -0.25) is 9.69 Å². The first-order valence-corrected chi connectivity index (χ1v) is 5.93. The van der Waals surface area contributed by atoms with E-state index in [1.807, 2.05) is 0 Å². The van der Waals surface area contributed by atoms with E-state index in [0.29, 0.717) is 12.5 Å². The van der Waals surface area contributed by atoms with Crippen LogP contribution >= 0.6 is 0 Å². The van der Waals surface area contributed by atoms with Crippen LogP contribution in [0, 0.1) is 0 Å². The maximum Gasteiger partial charge on any atom is 0.221 e. The molecule has 1 saturated heterocycles. The summed E-state index contributed by atoms with van der Waals surface area (Å²) in [6.45, 7) is 2.85. The molecule has 1 N–H and O–H groups in total. The van der Waals surface area contributed by atoms with Crippen molar-refractivity contribution in [3.05, 3.63) is 35.4 Å². The first-order valence-electron chi connectivity index (χ1n) is 5.93. The summed E-state index contributed by atoms with van der Waals surface area (Å²) in [5.74, 6) is 0.184. The fourth-order valence-electron chi connectivity index (χ4n) is 2.80. The molecule has 3 heteroatoms. The van der Waals surface area contributed by atoms with Crippen LogP contribution in [0.15, 0.2) is 24.3 Å². The highest BCUT2D eigenvalue weighted by Gasteiger charge is 2.30. The Bertz CT molecular complexity index is 416. The average Bonchev–Trinajstić information content (AvgIpc) is 2.50. The van der Waals surface area contributed by atoms with Gasteiger partial charge in [0.15, 0.2) is 0 Å². The van der Waals surface area contributed by atoms with Crippen molar-refractivity contribution in [1.82, 2.24) is 10.2 Å². The molecule has 3 rings (SSSR count). The SMILES string of the molecule is O=C1C[C@H]2c3ccccc3CCN2CCN1. The molecule has 1 aromatic carbocycles. The molecule has 1 atom stereocenters. The number of hydrogen-bond acceptors (Lipinski definition) is 2. The van der Waals surface area contributed by atoms with E-state index in [-0.39, 0.29) is 5.91 Å². The van der Waals surface area contributed by atoms with E-state index in [9.17, 15) is 4.79 Å². The molecule has 16 heavy (non-hydrogen) atoms. The van der Waals surface area contributed by atoms with Crippen LogP contribution < -0.4 is 5.32 Å². The number of fused-ring (bicyclic) bond motifs is 3. The lowest BCUT2D eigenvalue weighted by atomic mass is 9.91. The summed E-state index contributed by atoms with van der Waals surface area (Å²) < 4.78 is 0. The number of benzene rings is 1. The van der Waals surface area contributed by atoms with E-state index in [0.717, 1.165) is 26.1 Å². The minimum atomic E-state index is 0.184. The lowest BCUT2D eigenvalue weighted by molar-refractivity contribution is -0.121. The van der Waals surface area contributed by atoms with Crippen molar-refractivity contribution < 1.29 is 4.79 Å². The van der Waals surface area contributed by atoms with Crippen molar-refractivity contribution in [3.8, 4) is 0 Å². The Morgan fingerprint density at radius 3 is 3.06 bits per heavy atom. The second-order valence-electron chi connectivity index (χ2n) is 4.55. The maximum atomic E-state index is 11.6. The highest BCUT2D eigenvalue weighted by atomic mass is 16.1. The van der Waals surface area contributed by atoms with Crippen LogP contribution in [0.1, 0.15) is 23.6 Å². The Hall–Kier alpha value is -1.35. The number of hydrogen-bond donors (Lipinski definition) is 1.